The van der Waals surface area contributed by atoms with Crippen LogP contribution in [0.25, 0.3) is 10.4 Å². The number of rotatable bonds is 3. The van der Waals surface area contributed by atoms with Gasteiger partial charge in [0.05, 0.1) is 4.88 Å². The maximum absolute atomic E-state index is 12.9. The number of nitrogens with zero attached hydrogens (tertiary/aromatic N) is 1. The Balaban J connectivity index is 1.47. The fraction of sp³-hybridized carbons (Fsp3) is 0.350. The minimum absolute atomic E-state index is 0.359. The standard InChI is InChI=1S/C20H20BrN3O3S/c1-12-8-10-20(11-9-12)18(26)24(19(27)22-20)23-17(25)16-7-6-15(28-16)13-2-4-14(21)5-3-13/h2-7,12H,8-11H2,1H3,(H,22,27)(H,23,25). The summed E-state index contributed by atoms with van der Waals surface area (Å²) in [5.74, 6) is -0.275. The molecule has 1 aromatic carbocycles. The molecule has 2 aliphatic rings. The van der Waals surface area contributed by atoms with E-state index in [1.165, 1.54) is 11.3 Å². The zero-order valence-corrected chi connectivity index (χ0v) is 17.7. The Bertz CT molecular complexity index is 932. The van der Waals surface area contributed by atoms with Crippen molar-refractivity contribution in [3.8, 4) is 10.4 Å². The first-order valence-electron chi connectivity index (χ1n) is 9.21. The van der Waals surface area contributed by atoms with Crippen LogP contribution in [0.15, 0.2) is 40.9 Å². The highest BCUT2D eigenvalue weighted by atomic mass is 79.9. The number of carbonyl (C=O) groups is 3. The number of thiophene rings is 1. The normalized spacial score (nSPS) is 24.5. The van der Waals surface area contributed by atoms with Crippen molar-refractivity contribution in [3.63, 3.8) is 0 Å². The second-order valence-corrected chi connectivity index (χ2v) is 9.45. The lowest BCUT2D eigenvalue weighted by Gasteiger charge is -2.33. The molecule has 1 aliphatic heterocycles. The summed E-state index contributed by atoms with van der Waals surface area (Å²) in [6, 6.07) is 10.8. The molecule has 1 spiro atoms. The van der Waals surface area contributed by atoms with Crippen molar-refractivity contribution in [3.05, 3.63) is 45.7 Å². The topological polar surface area (TPSA) is 78.5 Å². The number of halogens is 1. The molecule has 0 unspecified atom stereocenters. The summed E-state index contributed by atoms with van der Waals surface area (Å²) in [4.78, 5) is 39.2. The predicted octanol–water partition coefficient (Wildman–Crippen LogP) is 4.32. The maximum Gasteiger partial charge on any atom is 0.344 e. The number of hydrogen-bond donors (Lipinski definition) is 2. The molecule has 1 aliphatic carbocycles. The van der Waals surface area contributed by atoms with Gasteiger partial charge >= 0.3 is 6.03 Å². The van der Waals surface area contributed by atoms with Gasteiger partial charge in [-0.2, -0.15) is 5.01 Å². The van der Waals surface area contributed by atoms with Gasteiger partial charge in [0, 0.05) is 9.35 Å². The lowest BCUT2D eigenvalue weighted by atomic mass is 9.77. The summed E-state index contributed by atoms with van der Waals surface area (Å²) in [7, 11) is 0. The van der Waals surface area contributed by atoms with Gasteiger partial charge in [0.1, 0.15) is 5.54 Å². The molecule has 4 rings (SSSR count). The number of benzene rings is 1. The molecule has 0 bridgehead atoms. The second kappa shape index (κ2) is 7.33. The molecule has 0 radical (unpaired) electrons. The SMILES string of the molecule is CC1CCC2(CC1)NC(=O)N(NC(=O)c1ccc(-c3ccc(Br)cc3)s1)C2=O. The van der Waals surface area contributed by atoms with E-state index in [-0.39, 0.29) is 5.91 Å². The van der Waals surface area contributed by atoms with Crippen LogP contribution in [0, 0.1) is 5.92 Å². The van der Waals surface area contributed by atoms with Crippen LogP contribution >= 0.6 is 27.3 Å². The predicted molar refractivity (Wildman–Crippen MR) is 111 cm³/mol. The van der Waals surface area contributed by atoms with E-state index in [1.54, 1.807) is 6.07 Å². The van der Waals surface area contributed by atoms with Crippen molar-refractivity contribution in [1.82, 2.24) is 15.8 Å². The fourth-order valence-corrected chi connectivity index (χ4v) is 4.87. The van der Waals surface area contributed by atoms with Crippen LogP contribution in [0.2, 0.25) is 0 Å². The molecule has 28 heavy (non-hydrogen) atoms. The summed E-state index contributed by atoms with van der Waals surface area (Å²) >= 11 is 4.72. The molecule has 2 heterocycles. The number of nitrogens with one attached hydrogen (secondary N) is 2. The summed E-state index contributed by atoms with van der Waals surface area (Å²) in [6.45, 7) is 2.15. The fourth-order valence-electron chi connectivity index (χ4n) is 3.70. The minimum atomic E-state index is -0.866. The van der Waals surface area contributed by atoms with Crippen molar-refractivity contribution in [2.75, 3.05) is 0 Å². The highest BCUT2D eigenvalue weighted by Crippen LogP contribution is 2.36. The monoisotopic (exact) mass is 461 g/mol. The molecule has 0 atom stereocenters. The van der Waals surface area contributed by atoms with Crippen LogP contribution in [0.1, 0.15) is 42.3 Å². The molecule has 8 heteroatoms. The third-order valence-electron chi connectivity index (χ3n) is 5.46. The largest absolute Gasteiger partial charge is 0.344 e. The lowest BCUT2D eigenvalue weighted by molar-refractivity contribution is -0.134. The first-order valence-corrected chi connectivity index (χ1v) is 10.8. The Labute approximate surface area is 175 Å². The van der Waals surface area contributed by atoms with Gasteiger partial charge in [-0.25, -0.2) is 4.79 Å². The third kappa shape index (κ3) is 3.46. The minimum Gasteiger partial charge on any atom is -0.322 e. The summed E-state index contributed by atoms with van der Waals surface area (Å²) < 4.78 is 0.982. The van der Waals surface area contributed by atoms with E-state index in [4.69, 9.17) is 0 Å². The van der Waals surface area contributed by atoms with Crippen LogP contribution in [0.3, 0.4) is 0 Å². The first kappa shape index (κ1) is 19.1. The lowest BCUT2D eigenvalue weighted by Crippen LogP contribution is -2.51. The van der Waals surface area contributed by atoms with Gasteiger partial charge in [-0.05, 0) is 61.4 Å². The highest BCUT2D eigenvalue weighted by molar-refractivity contribution is 9.10. The van der Waals surface area contributed by atoms with E-state index in [0.717, 1.165) is 32.8 Å². The summed E-state index contributed by atoms with van der Waals surface area (Å²) in [5.41, 5.74) is 2.62. The van der Waals surface area contributed by atoms with E-state index in [2.05, 4.69) is 33.6 Å². The Hall–Kier alpha value is -2.19. The number of hydrazine groups is 1. The Morgan fingerprint density at radius 3 is 2.54 bits per heavy atom. The molecular weight excluding hydrogens is 442 g/mol. The molecule has 6 nitrogen and oxygen atoms in total. The van der Waals surface area contributed by atoms with Crippen molar-refractivity contribution in [1.29, 1.82) is 0 Å². The zero-order valence-electron chi connectivity index (χ0n) is 15.3. The van der Waals surface area contributed by atoms with Crippen molar-refractivity contribution in [2.24, 2.45) is 5.92 Å². The van der Waals surface area contributed by atoms with E-state index in [9.17, 15) is 14.4 Å². The van der Waals surface area contributed by atoms with Crippen LogP contribution in [0.5, 0.6) is 0 Å². The van der Waals surface area contributed by atoms with Gasteiger partial charge in [0.15, 0.2) is 0 Å². The van der Waals surface area contributed by atoms with Crippen LogP contribution in [-0.2, 0) is 4.79 Å². The van der Waals surface area contributed by atoms with Crippen molar-refractivity contribution >= 4 is 45.1 Å². The van der Waals surface area contributed by atoms with E-state index in [1.807, 2.05) is 30.3 Å². The van der Waals surface area contributed by atoms with E-state index >= 15 is 0 Å². The molecule has 1 saturated carbocycles. The molecular formula is C20H20BrN3O3S. The van der Waals surface area contributed by atoms with Gasteiger partial charge in [0.2, 0.25) is 0 Å². The van der Waals surface area contributed by atoms with Crippen molar-refractivity contribution < 1.29 is 14.4 Å². The van der Waals surface area contributed by atoms with Gasteiger partial charge in [0.25, 0.3) is 11.8 Å². The number of hydrogen-bond acceptors (Lipinski definition) is 4. The third-order valence-corrected chi connectivity index (χ3v) is 7.12. The van der Waals surface area contributed by atoms with Crippen LogP contribution < -0.4 is 10.7 Å². The highest BCUT2D eigenvalue weighted by Gasteiger charge is 2.52. The summed E-state index contributed by atoms with van der Waals surface area (Å²) in [5, 5.41) is 3.65. The van der Waals surface area contributed by atoms with E-state index < -0.39 is 17.5 Å². The number of amides is 4. The molecule has 2 fully saturated rings. The average molecular weight is 462 g/mol. The smallest absolute Gasteiger partial charge is 0.322 e. The van der Waals surface area contributed by atoms with Crippen molar-refractivity contribution in [2.45, 2.75) is 38.1 Å². The van der Waals surface area contributed by atoms with Gasteiger partial charge in [-0.3, -0.25) is 15.0 Å². The molecule has 1 aromatic heterocycles. The zero-order chi connectivity index (χ0) is 19.9. The molecule has 1 saturated heterocycles. The summed E-state index contributed by atoms with van der Waals surface area (Å²) in [6.07, 6.45) is 2.99. The van der Waals surface area contributed by atoms with Crippen LogP contribution in [-0.4, -0.2) is 28.4 Å². The molecule has 4 amide bonds. The Morgan fingerprint density at radius 2 is 1.86 bits per heavy atom. The van der Waals surface area contributed by atoms with Gasteiger partial charge in [-0.1, -0.05) is 35.0 Å². The molecule has 2 N–H and O–H groups in total. The Kier molecular flexibility index (Phi) is 5.01. The Morgan fingerprint density at radius 1 is 1.18 bits per heavy atom. The van der Waals surface area contributed by atoms with E-state index in [0.29, 0.717) is 23.6 Å². The second-order valence-electron chi connectivity index (χ2n) is 7.45. The first-order chi connectivity index (χ1) is 13.4. The quantitative estimate of drug-likeness (QED) is 0.667. The molecule has 146 valence electrons. The number of carbonyl (C=O) groups excluding carboxylic acids is 3. The average Bonchev–Trinajstić information content (AvgIpc) is 3.25. The van der Waals surface area contributed by atoms with Gasteiger partial charge in [-0.15, -0.1) is 11.3 Å². The van der Waals surface area contributed by atoms with Gasteiger partial charge < -0.3 is 5.32 Å². The number of imide groups is 1. The maximum atomic E-state index is 12.9. The van der Waals surface area contributed by atoms with Crippen LogP contribution in [0.4, 0.5) is 4.79 Å². The number of urea groups is 1. The molecule has 2 aromatic rings.